The lowest BCUT2D eigenvalue weighted by molar-refractivity contribution is -0.116. The molecular formula is C29H30N2O3. The van der Waals surface area contributed by atoms with E-state index in [9.17, 15) is 4.79 Å². The molecule has 1 heterocycles. The van der Waals surface area contributed by atoms with Crippen molar-refractivity contribution in [2.24, 2.45) is 0 Å². The van der Waals surface area contributed by atoms with Crippen LogP contribution in [-0.2, 0) is 11.2 Å². The Kier molecular flexibility index (Phi) is 6.01. The highest BCUT2D eigenvalue weighted by atomic mass is 16.5. The Labute approximate surface area is 200 Å². The summed E-state index contributed by atoms with van der Waals surface area (Å²) in [6.45, 7) is 2.15. The van der Waals surface area contributed by atoms with Crippen LogP contribution in [0.15, 0.2) is 78.0 Å². The van der Waals surface area contributed by atoms with Crippen molar-refractivity contribution in [2.75, 3.05) is 24.9 Å². The van der Waals surface area contributed by atoms with Gasteiger partial charge >= 0.3 is 0 Å². The third-order valence-electron chi connectivity index (χ3n) is 6.91. The summed E-state index contributed by atoms with van der Waals surface area (Å²) < 4.78 is 10.9. The molecule has 5 heteroatoms. The zero-order valence-corrected chi connectivity index (χ0v) is 19.9. The first-order valence-corrected chi connectivity index (χ1v) is 11.8. The molecule has 0 fully saturated rings. The fourth-order valence-corrected chi connectivity index (χ4v) is 5.03. The molecule has 0 amide bonds. The van der Waals surface area contributed by atoms with Crippen LogP contribution in [0, 0.1) is 0 Å². The number of para-hydroxylation sites is 2. The minimum atomic E-state index is -0.198. The molecule has 3 aromatic carbocycles. The minimum Gasteiger partial charge on any atom is -0.493 e. The second-order valence-electron chi connectivity index (χ2n) is 8.88. The maximum absolute atomic E-state index is 13.7. The van der Waals surface area contributed by atoms with Crippen LogP contribution in [0.1, 0.15) is 48.4 Å². The summed E-state index contributed by atoms with van der Waals surface area (Å²) in [5, 5.41) is 7.26. The minimum absolute atomic E-state index is 0.0620. The van der Waals surface area contributed by atoms with Crippen molar-refractivity contribution in [1.82, 2.24) is 0 Å². The number of fused-ring (bicyclic) bond motifs is 1. The Morgan fingerprint density at radius 2 is 1.56 bits per heavy atom. The first-order valence-electron chi connectivity index (χ1n) is 11.8. The molecule has 34 heavy (non-hydrogen) atoms. The summed E-state index contributed by atoms with van der Waals surface area (Å²) >= 11 is 0. The average Bonchev–Trinajstić information content (AvgIpc) is 3.05. The van der Waals surface area contributed by atoms with E-state index in [1.54, 1.807) is 14.2 Å². The zero-order valence-electron chi connectivity index (χ0n) is 19.9. The number of allylic oxidation sites excluding steroid dienone is 1. The van der Waals surface area contributed by atoms with Gasteiger partial charge in [0.05, 0.1) is 31.6 Å². The van der Waals surface area contributed by atoms with E-state index in [1.807, 2.05) is 30.3 Å². The molecule has 5 nitrogen and oxygen atoms in total. The number of methoxy groups -OCH3 is 2. The molecule has 1 aliphatic carbocycles. The van der Waals surface area contributed by atoms with Crippen LogP contribution in [0.4, 0.5) is 11.4 Å². The second-order valence-corrected chi connectivity index (χ2v) is 8.88. The van der Waals surface area contributed by atoms with E-state index in [4.69, 9.17) is 9.47 Å². The van der Waals surface area contributed by atoms with Crippen molar-refractivity contribution in [2.45, 2.75) is 38.1 Å². The number of benzene rings is 3. The molecule has 0 unspecified atom stereocenters. The Bertz CT molecular complexity index is 1250. The van der Waals surface area contributed by atoms with Gasteiger partial charge in [-0.3, -0.25) is 4.79 Å². The molecule has 0 spiro atoms. The Morgan fingerprint density at radius 3 is 2.26 bits per heavy atom. The van der Waals surface area contributed by atoms with Gasteiger partial charge in [-0.05, 0) is 59.7 Å². The fourth-order valence-electron chi connectivity index (χ4n) is 5.03. The number of hydrogen-bond donors (Lipinski definition) is 2. The quantitative estimate of drug-likeness (QED) is 0.477. The van der Waals surface area contributed by atoms with Gasteiger partial charge in [0.25, 0.3) is 0 Å². The zero-order chi connectivity index (χ0) is 23.7. The predicted octanol–water partition coefficient (Wildman–Crippen LogP) is 6.25. The third-order valence-corrected chi connectivity index (χ3v) is 6.91. The molecule has 0 saturated heterocycles. The largest absolute Gasteiger partial charge is 0.493 e. The second kappa shape index (κ2) is 9.26. The molecule has 3 aromatic rings. The van der Waals surface area contributed by atoms with Crippen LogP contribution in [0.5, 0.6) is 11.5 Å². The standard InChI is InChI=1S/C29H30N2O3/c1-4-18-9-11-19(12-10-18)29-28-24(30-22-7-5-6-8-23(22)31-29)15-21(16-25(28)32)20-13-14-26(33-2)27(17-20)34-3/h5-14,17,21,29-31H,4,15-16H2,1-3H3/t21-,29-/m0/s1. The van der Waals surface area contributed by atoms with Crippen LogP contribution in [0.2, 0.25) is 0 Å². The summed E-state index contributed by atoms with van der Waals surface area (Å²) in [6.07, 6.45) is 2.19. The van der Waals surface area contributed by atoms with Crippen molar-refractivity contribution in [3.8, 4) is 11.5 Å². The number of anilines is 2. The maximum atomic E-state index is 13.7. The number of nitrogens with one attached hydrogen (secondary N) is 2. The first kappa shape index (κ1) is 22.1. The number of ether oxygens (including phenoxy) is 2. The van der Waals surface area contributed by atoms with Crippen LogP contribution in [-0.4, -0.2) is 20.0 Å². The van der Waals surface area contributed by atoms with Crippen LogP contribution in [0.25, 0.3) is 0 Å². The molecule has 2 N–H and O–H groups in total. The monoisotopic (exact) mass is 454 g/mol. The highest BCUT2D eigenvalue weighted by molar-refractivity contribution is 6.01. The van der Waals surface area contributed by atoms with E-state index < -0.39 is 0 Å². The van der Waals surface area contributed by atoms with Gasteiger partial charge in [0.15, 0.2) is 17.3 Å². The van der Waals surface area contributed by atoms with Crippen molar-refractivity contribution >= 4 is 17.2 Å². The smallest absolute Gasteiger partial charge is 0.163 e. The molecule has 2 aliphatic rings. The van der Waals surface area contributed by atoms with Gasteiger partial charge in [-0.25, -0.2) is 0 Å². The number of ketones is 1. The van der Waals surface area contributed by atoms with E-state index in [0.717, 1.165) is 46.6 Å². The summed E-state index contributed by atoms with van der Waals surface area (Å²) in [5.74, 6) is 1.60. The van der Waals surface area contributed by atoms with E-state index in [-0.39, 0.29) is 17.7 Å². The average molecular weight is 455 g/mol. The molecule has 1 aliphatic heterocycles. The van der Waals surface area contributed by atoms with Crippen LogP contribution >= 0.6 is 0 Å². The van der Waals surface area contributed by atoms with Crippen molar-refractivity contribution in [3.63, 3.8) is 0 Å². The molecule has 0 radical (unpaired) electrons. The van der Waals surface area contributed by atoms with Gasteiger partial charge in [0.1, 0.15) is 0 Å². The Morgan fingerprint density at radius 1 is 0.853 bits per heavy atom. The fraction of sp³-hybridized carbons (Fsp3) is 0.276. The van der Waals surface area contributed by atoms with Crippen LogP contribution < -0.4 is 20.1 Å². The SMILES string of the molecule is CCc1ccc([C@@H]2Nc3ccccc3NC3=C2C(=O)C[C@@H](c2ccc(OC)c(OC)c2)C3)cc1. The van der Waals surface area contributed by atoms with Crippen molar-refractivity contribution < 1.29 is 14.3 Å². The van der Waals surface area contributed by atoms with E-state index in [2.05, 4.69) is 54.0 Å². The van der Waals surface area contributed by atoms with Gasteiger partial charge in [0, 0.05) is 17.7 Å². The molecular weight excluding hydrogens is 424 g/mol. The summed E-state index contributed by atoms with van der Waals surface area (Å²) in [4.78, 5) is 13.7. The molecule has 0 aromatic heterocycles. The van der Waals surface area contributed by atoms with Gasteiger partial charge in [0.2, 0.25) is 0 Å². The number of rotatable bonds is 5. The topological polar surface area (TPSA) is 59.6 Å². The lowest BCUT2D eigenvalue weighted by Crippen LogP contribution is -2.26. The Hall–Kier alpha value is -3.73. The summed E-state index contributed by atoms with van der Waals surface area (Å²) in [7, 11) is 3.27. The predicted molar refractivity (Wildman–Crippen MR) is 136 cm³/mol. The summed E-state index contributed by atoms with van der Waals surface area (Å²) in [5.41, 5.74) is 7.26. The maximum Gasteiger partial charge on any atom is 0.163 e. The molecule has 174 valence electrons. The number of Topliss-reactive ketones (excluding diaryl/α,β-unsaturated/α-hetero) is 1. The lowest BCUT2D eigenvalue weighted by atomic mass is 9.78. The molecule has 2 atom stereocenters. The summed E-state index contributed by atoms with van der Waals surface area (Å²) in [6, 6.07) is 22.5. The first-order chi connectivity index (χ1) is 16.6. The third kappa shape index (κ3) is 4.03. The molecule has 0 saturated carbocycles. The number of hydrogen-bond acceptors (Lipinski definition) is 5. The van der Waals surface area contributed by atoms with Crippen molar-refractivity contribution in [3.05, 3.63) is 94.7 Å². The number of carbonyl (C=O) groups excluding carboxylic acids is 1. The van der Waals surface area contributed by atoms with E-state index in [0.29, 0.717) is 17.9 Å². The number of carbonyl (C=O) groups is 1. The van der Waals surface area contributed by atoms with E-state index >= 15 is 0 Å². The van der Waals surface area contributed by atoms with Gasteiger partial charge in [-0.1, -0.05) is 49.4 Å². The normalized spacial score (nSPS) is 19.3. The molecule has 0 bridgehead atoms. The highest BCUT2D eigenvalue weighted by Gasteiger charge is 2.36. The Balaban J connectivity index is 1.56. The van der Waals surface area contributed by atoms with Crippen molar-refractivity contribution in [1.29, 1.82) is 0 Å². The van der Waals surface area contributed by atoms with Gasteiger partial charge in [-0.15, -0.1) is 0 Å². The van der Waals surface area contributed by atoms with E-state index in [1.165, 1.54) is 5.56 Å². The van der Waals surface area contributed by atoms with Crippen LogP contribution in [0.3, 0.4) is 0 Å². The highest BCUT2D eigenvalue weighted by Crippen LogP contribution is 2.45. The van der Waals surface area contributed by atoms with Gasteiger partial charge in [-0.2, -0.15) is 0 Å². The lowest BCUT2D eigenvalue weighted by Gasteiger charge is -2.30. The number of aryl methyl sites for hydroxylation is 1. The van der Waals surface area contributed by atoms with Gasteiger partial charge < -0.3 is 20.1 Å². The molecule has 5 rings (SSSR count).